The van der Waals surface area contributed by atoms with Crippen molar-refractivity contribution in [3.63, 3.8) is 0 Å². The Hall–Kier alpha value is -0.0100. The fourth-order valence-corrected chi connectivity index (χ4v) is 2.83. The molecule has 0 atom stereocenters. The van der Waals surface area contributed by atoms with Crippen molar-refractivity contribution < 1.29 is 18.0 Å². The minimum atomic E-state index is -4.36. The van der Waals surface area contributed by atoms with E-state index in [1.807, 2.05) is 0 Å². The highest BCUT2D eigenvalue weighted by Crippen LogP contribution is 2.41. The number of rotatable bonds is 4. The topological polar surface area (TPSA) is 17.1 Å². The summed E-state index contributed by atoms with van der Waals surface area (Å²) in [4.78, 5) is 11.6. The lowest BCUT2D eigenvalue weighted by Gasteiger charge is -2.10. The van der Waals surface area contributed by atoms with E-state index in [2.05, 4.69) is 31.9 Å². The Balaban J connectivity index is 3.03. The van der Waals surface area contributed by atoms with Crippen LogP contribution in [0.15, 0.2) is 27.6 Å². The molecule has 1 rings (SSSR count). The number of hydrogen-bond donors (Lipinski definition) is 0. The molecule has 1 aromatic carbocycles. The number of carbonyl (C=O) groups is 1. The molecule has 0 fully saturated rings. The summed E-state index contributed by atoms with van der Waals surface area (Å²) in [6.07, 6.45) is 0.249. The quantitative estimate of drug-likeness (QED) is 0.406. The highest BCUT2D eigenvalue weighted by molar-refractivity contribution is 9.10. The molecule has 7 heteroatoms. The van der Waals surface area contributed by atoms with Gasteiger partial charge in [0.25, 0.3) is 0 Å². The maximum absolute atomic E-state index is 12.3. The SMILES string of the molecule is O=C(CCBr)c1cccc(SC(F)(F)F)c1Br. The molecule has 0 aliphatic rings. The molecule has 0 spiro atoms. The number of alkyl halides is 4. The van der Waals surface area contributed by atoms with Gasteiger partial charge < -0.3 is 0 Å². The molecular formula is C10H7Br2F3OS. The van der Waals surface area contributed by atoms with Crippen molar-refractivity contribution in [3.05, 3.63) is 28.2 Å². The van der Waals surface area contributed by atoms with Crippen LogP contribution in [0.1, 0.15) is 16.8 Å². The molecule has 0 N–H and O–H groups in total. The van der Waals surface area contributed by atoms with Gasteiger partial charge in [0.2, 0.25) is 0 Å². The van der Waals surface area contributed by atoms with Crippen molar-refractivity contribution in [3.8, 4) is 0 Å². The van der Waals surface area contributed by atoms with Gasteiger partial charge in [0, 0.05) is 26.7 Å². The minimum absolute atomic E-state index is 0.00192. The summed E-state index contributed by atoms with van der Waals surface area (Å²) >= 11 is 5.93. The lowest BCUT2D eigenvalue weighted by atomic mass is 10.1. The molecule has 1 aromatic rings. The molecule has 1 nitrogen and oxygen atoms in total. The second-order valence-electron chi connectivity index (χ2n) is 3.03. The van der Waals surface area contributed by atoms with Crippen LogP contribution >= 0.6 is 43.6 Å². The lowest BCUT2D eigenvalue weighted by Crippen LogP contribution is -2.04. The van der Waals surface area contributed by atoms with Gasteiger partial charge in [-0.1, -0.05) is 28.1 Å². The third-order valence-electron chi connectivity index (χ3n) is 1.81. The summed E-state index contributed by atoms with van der Waals surface area (Å²) in [5, 5.41) is 0.481. The Morgan fingerprint density at radius 3 is 2.53 bits per heavy atom. The Labute approximate surface area is 117 Å². The van der Waals surface area contributed by atoms with E-state index in [0.717, 1.165) is 0 Å². The Bertz CT molecular complexity index is 421. The van der Waals surface area contributed by atoms with Crippen LogP contribution in [0.2, 0.25) is 0 Å². The van der Waals surface area contributed by atoms with E-state index in [-0.39, 0.29) is 38.9 Å². The predicted octanol–water partition coefficient (Wildman–Crippen LogP) is 5.03. The zero-order chi connectivity index (χ0) is 13.1. The maximum Gasteiger partial charge on any atom is 0.446 e. The van der Waals surface area contributed by atoms with Crippen LogP contribution in [-0.2, 0) is 0 Å². The third-order valence-corrected chi connectivity index (χ3v) is 4.12. The molecule has 0 aliphatic carbocycles. The minimum Gasteiger partial charge on any atom is -0.294 e. The fraction of sp³-hybridized carbons (Fsp3) is 0.300. The largest absolute Gasteiger partial charge is 0.446 e. The summed E-state index contributed by atoms with van der Waals surface area (Å²) in [5.41, 5.74) is -4.08. The highest BCUT2D eigenvalue weighted by Gasteiger charge is 2.30. The summed E-state index contributed by atoms with van der Waals surface area (Å²) in [7, 11) is 0. The zero-order valence-electron chi connectivity index (χ0n) is 8.35. The molecular weight excluding hydrogens is 385 g/mol. The highest BCUT2D eigenvalue weighted by atomic mass is 79.9. The second-order valence-corrected chi connectivity index (χ2v) is 5.72. The number of hydrogen-bond acceptors (Lipinski definition) is 2. The number of benzene rings is 1. The van der Waals surface area contributed by atoms with E-state index in [0.29, 0.717) is 5.33 Å². The molecule has 0 heterocycles. The van der Waals surface area contributed by atoms with E-state index in [9.17, 15) is 18.0 Å². The van der Waals surface area contributed by atoms with Crippen LogP contribution in [0.25, 0.3) is 0 Å². The van der Waals surface area contributed by atoms with Crippen molar-refractivity contribution in [1.29, 1.82) is 0 Å². The normalized spacial score (nSPS) is 11.6. The van der Waals surface area contributed by atoms with Gasteiger partial charge in [-0.15, -0.1) is 0 Å². The van der Waals surface area contributed by atoms with Crippen LogP contribution in [0, 0.1) is 0 Å². The molecule has 0 unspecified atom stereocenters. The summed E-state index contributed by atoms with van der Waals surface area (Å²) in [6.45, 7) is 0. The Morgan fingerprint density at radius 2 is 2.00 bits per heavy atom. The standard InChI is InChI=1S/C10H7Br2F3OS/c11-5-4-7(16)6-2-1-3-8(9(6)12)17-10(13,14)15/h1-3H,4-5H2. The molecule has 17 heavy (non-hydrogen) atoms. The summed E-state index contributed by atoms with van der Waals surface area (Å²) in [5.74, 6) is -0.196. The second kappa shape index (κ2) is 6.24. The van der Waals surface area contributed by atoms with Crippen LogP contribution in [0.3, 0.4) is 0 Å². The first-order chi connectivity index (χ1) is 7.85. The first kappa shape index (κ1) is 15.0. The number of thioether (sulfide) groups is 1. The van der Waals surface area contributed by atoms with E-state index < -0.39 is 5.51 Å². The summed E-state index contributed by atoms with van der Waals surface area (Å²) < 4.78 is 37.0. The summed E-state index contributed by atoms with van der Waals surface area (Å²) in [6, 6.07) is 4.28. The Morgan fingerprint density at radius 1 is 1.35 bits per heavy atom. The van der Waals surface area contributed by atoms with Crippen molar-refractivity contribution in [2.24, 2.45) is 0 Å². The monoisotopic (exact) mass is 390 g/mol. The molecule has 0 saturated heterocycles. The zero-order valence-corrected chi connectivity index (χ0v) is 12.3. The van der Waals surface area contributed by atoms with Crippen molar-refractivity contribution in [2.75, 3.05) is 5.33 Å². The van der Waals surface area contributed by atoms with Gasteiger partial charge >= 0.3 is 5.51 Å². The van der Waals surface area contributed by atoms with Gasteiger partial charge in [0.05, 0.1) is 0 Å². The molecule has 0 saturated carbocycles. The van der Waals surface area contributed by atoms with Crippen LogP contribution in [-0.4, -0.2) is 16.6 Å². The maximum atomic E-state index is 12.3. The number of carbonyl (C=O) groups excluding carboxylic acids is 1. The molecule has 0 aromatic heterocycles. The fourth-order valence-electron chi connectivity index (χ4n) is 1.15. The van der Waals surface area contributed by atoms with Crippen molar-refractivity contribution >= 4 is 49.4 Å². The van der Waals surface area contributed by atoms with Gasteiger partial charge in [-0.25, -0.2) is 0 Å². The van der Waals surface area contributed by atoms with E-state index in [4.69, 9.17) is 0 Å². The third kappa shape index (κ3) is 4.63. The van der Waals surface area contributed by atoms with Gasteiger partial charge in [-0.3, -0.25) is 4.79 Å². The Kier molecular flexibility index (Phi) is 5.53. The number of Topliss-reactive ketones (excluding diaryl/α,β-unsaturated/α-hetero) is 1. The van der Waals surface area contributed by atoms with Gasteiger partial charge in [-0.05, 0) is 33.8 Å². The van der Waals surface area contributed by atoms with Crippen molar-refractivity contribution in [1.82, 2.24) is 0 Å². The first-order valence-corrected chi connectivity index (χ1v) is 7.21. The van der Waals surface area contributed by atoms with E-state index >= 15 is 0 Å². The van der Waals surface area contributed by atoms with Crippen LogP contribution < -0.4 is 0 Å². The van der Waals surface area contributed by atoms with Gasteiger partial charge in [0.1, 0.15) is 0 Å². The van der Waals surface area contributed by atoms with E-state index in [1.165, 1.54) is 18.2 Å². The lowest BCUT2D eigenvalue weighted by molar-refractivity contribution is -0.0328. The average Bonchev–Trinajstić information content (AvgIpc) is 2.19. The van der Waals surface area contributed by atoms with E-state index in [1.54, 1.807) is 0 Å². The molecule has 0 bridgehead atoms. The molecule has 0 aliphatic heterocycles. The van der Waals surface area contributed by atoms with Gasteiger partial charge in [-0.2, -0.15) is 13.2 Å². The molecule has 0 radical (unpaired) electrons. The van der Waals surface area contributed by atoms with Crippen LogP contribution in [0.5, 0.6) is 0 Å². The van der Waals surface area contributed by atoms with Gasteiger partial charge in [0.15, 0.2) is 5.78 Å². The average molecular weight is 392 g/mol. The molecule has 0 amide bonds. The first-order valence-electron chi connectivity index (χ1n) is 4.48. The number of halogens is 5. The molecule has 94 valence electrons. The number of ketones is 1. The predicted molar refractivity (Wildman–Crippen MR) is 68.8 cm³/mol. The van der Waals surface area contributed by atoms with Crippen LogP contribution in [0.4, 0.5) is 13.2 Å². The van der Waals surface area contributed by atoms with Crippen molar-refractivity contribution in [2.45, 2.75) is 16.8 Å². The smallest absolute Gasteiger partial charge is 0.294 e.